The zero-order valence-corrected chi connectivity index (χ0v) is 17.1. The molecule has 1 spiro atoms. The second-order valence-corrected chi connectivity index (χ2v) is 8.36. The summed E-state index contributed by atoms with van der Waals surface area (Å²) in [6.45, 7) is 3.94. The van der Waals surface area contributed by atoms with Crippen molar-refractivity contribution in [3.05, 3.63) is 40.9 Å². The lowest BCUT2D eigenvalue weighted by Gasteiger charge is -2.40. The van der Waals surface area contributed by atoms with E-state index in [1.54, 1.807) is 17.9 Å². The number of rotatable bonds is 3. The van der Waals surface area contributed by atoms with Crippen LogP contribution >= 0.6 is 11.3 Å². The van der Waals surface area contributed by atoms with Gasteiger partial charge in [0.1, 0.15) is 11.7 Å². The lowest BCUT2D eigenvalue weighted by atomic mass is 9.95. The molecule has 0 aliphatic carbocycles. The number of thiazole rings is 1. The minimum absolute atomic E-state index is 0.102. The van der Waals surface area contributed by atoms with Gasteiger partial charge < -0.3 is 20.9 Å². The van der Waals surface area contributed by atoms with E-state index >= 15 is 0 Å². The molecule has 2 aromatic rings. The molecule has 9 heteroatoms. The number of aromatic nitrogens is 1. The van der Waals surface area contributed by atoms with Crippen LogP contribution in [0, 0.1) is 6.92 Å². The third kappa shape index (κ3) is 3.82. The van der Waals surface area contributed by atoms with Crippen LogP contribution in [0.25, 0.3) is 0 Å². The van der Waals surface area contributed by atoms with Crippen LogP contribution in [0.15, 0.2) is 29.6 Å². The SMILES string of the molecule is Cc1csc(NC(=O)[C@H](C)N2CC[C@@]3(CCC2=O)NC(=O)c2ccccc2N3)n1. The molecule has 3 amide bonds. The largest absolute Gasteiger partial charge is 0.362 e. The number of carbonyl (C=O) groups is 3. The molecule has 2 aliphatic heterocycles. The van der Waals surface area contributed by atoms with Crippen LogP contribution in [-0.2, 0) is 9.59 Å². The van der Waals surface area contributed by atoms with Gasteiger partial charge in [0.2, 0.25) is 11.8 Å². The van der Waals surface area contributed by atoms with Crippen molar-refractivity contribution < 1.29 is 14.4 Å². The Morgan fingerprint density at radius 3 is 2.83 bits per heavy atom. The number of hydrogen-bond donors (Lipinski definition) is 3. The number of carbonyl (C=O) groups excluding carboxylic acids is 3. The van der Waals surface area contributed by atoms with Gasteiger partial charge in [-0.3, -0.25) is 14.4 Å². The van der Waals surface area contributed by atoms with E-state index in [0.717, 1.165) is 11.4 Å². The predicted octanol–water partition coefficient (Wildman–Crippen LogP) is 2.34. The summed E-state index contributed by atoms with van der Waals surface area (Å²) in [5, 5.41) is 11.6. The van der Waals surface area contributed by atoms with Crippen LogP contribution in [0.5, 0.6) is 0 Å². The molecule has 152 valence electrons. The Bertz CT molecular complexity index is 975. The van der Waals surface area contributed by atoms with Crippen LogP contribution in [0.3, 0.4) is 0 Å². The van der Waals surface area contributed by atoms with Crippen molar-refractivity contribution in [1.29, 1.82) is 0 Å². The first-order chi connectivity index (χ1) is 13.9. The van der Waals surface area contributed by atoms with Crippen LogP contribution < -0.4 is 16.0 Å². The molecule has 0 radical (unpaired) electrons. The van der Waals surface area contributed by atoms with Crippen LogP contribution in [0.2, 0.25) is 0 Å². The fourth-order valence-corrected chi connectivity index (χ4v) is 4.50. The summed E-state index contributed by atoms with van der Waals surface area (Å²) in [5.41, 5.74) is 1.50. The number of hydrogen-bond acceptors (Lipinski definition) is 6. The van der Waals surface area contributed by atoms with E-state index in [2.05, 4.69) is 20.9 Å². The Morgan fingerprint density at radius 2 is 2.07 bits per heavy atom. The van der Waals surface area contributed by atoms with Gasteiger partial charge in [0, 0.05) is 30.5 Å². The zero-order valence-electron chi connectivity index (χ0n) is 16.3. The second kappa shape index (κ2) is 7.47. The van der Waals surface area contributed by atoms with Gasteiger partial charge in [0.25, 0.3) is 5.91 Å². The molecule has 1 fully saturated rings. The fourth-order valence-electron chi connectivity index (χ4n) is 3.81. The summed E-state index contributed by atoms with van der Waals surface area (Å²) in [6.07, 6.45) is 1.21. The van der Waals surface area contributed by atoms with Crippen molar-refractivity contribution in [2.24, 2.45) is 0 Å². The summed E-state index contributed by atoms with van der Waals surface area (Å²) < 4.78 is 0. The summed E-state index contributed by atoms with van der Waals surface area (Å²) >= 11 is 1.35. The number of fused-ring (bicyclic) bond motifs is 1. The van der Waals surface area contributed by atoms with Crippen molar-refractivity contribution in [3.63, 3.8) is 0 Å². The topological polar surface area (TPSA) is 103 Å². The highest BCUT2D eigenvalue weighted by Gasteiger charge is 2.41. The second-order valence-electron chi connectivity index (χ2n) is 7.50. The van der Waals surface area contributed by atoms with E-state index < -0.39 is 11.7 Å². The fraction of sp³-hybridized carbons (Fsp3) is 0.400. The number of amides is 3. The number of likely N-dealkylation sites (tertiary alicyclic amines) is 1. The summed E-state index contributed by atoms with van der Waals surface area (Å²) in [5.74, 6) is -0.519. The Morgan fingerprint density at radius 1 is 1.28 bits per heavy atom. The molecule has 1 aromatic heterocycles. The van der Waals surface area contributed by atoms with Crippen molar-refractivity contribution in [1.82, 2.24) is 15.2 Å². The van der Waals surface area contributed by atoms with Crippen LogP contribution in [0.1, 0.15) is 42.2 Å². The van der Waals surface area contributed by atoms with E-state index in [4.69, 9.17) is 0 Å². The summed E-state index contributed by atoms with van der Waals surface area (Å²) in [7, 11) is 0. The Kier molecular flexibility index (Phi) is 4.99. The highest BCUT2D eigenvalue weighted by atomic mass is 32.1. The predicted molar refractivity (Wildman–Crippen MR) is 111 cm³/mol. The first kappa shape index (κ1) is 19.4. The van der Waals surface area contributed by atoms with Crippen molar-refractivity contribution >= 4 is 39.9 Å². The lowest BCUT2D eigenvalue weighted by molar-refractivity contribution is -0.137. The van der Waals surface area contributed by atoms with Crippen molar-refractivity contribution in [3.8, 4) is 0 Å². The van der Waals surface area contributed by atoms with Crippen LogP contribution in [0.4, 0.5) is 10.8 Å². The Balaban J connectivity index is 1.48. The molecule has 2 aliphatic rings. The van der Waals surface area contributed by atoms with Gasteiger partial charge >= 0.3 is 0 Å². The minimum atomic E-state index is -0.696. The first-order valence-electron chi connectivity index (χ1n) is 9.59. The third-order valence-electron chi connectivity index (χ3n) is 5.46. The number of aryl methyl sites for hydroxylation is 1. The van der Waals surface area contributed by atoms with Gasteiger partial charge in [-0.25, -0.2) is 4.98 Å². The number of benzene rings is 1. The molecule has 3 heterocycles. The highest BCUT2D eigenvalue weighted by molar-refractivity contribution is 7.13. The highest BCUT2D eigenvalue weighted by Crippen LogP contribution is 2.32. The number of nitrogens with one attached hydrogen (secondary N) is 3. The number of para-hydroxylation sites is 1. The van der Waals surface area contributed by atoms with Crippen molar-refractivity contribution in [2.75, 3.05) is 17.2 Å². The van der Waals surface area contributed by atoms with E-state index in [9.17, 15) is 14.4 Å². The van der Waals surface area contributed by atoms with E-state index in [-0.39, 0.29) is 24.1 Å². The smallest absolute Gasteiger partial charge is 0.255 e. The molecule has 0 bridgehead atoms. The maximum absolute atomic E-state index is 12.8. The van der Waals surface area contributed by atoms with Gasteiger partial charge in [0.15, 0.2) is 5.13 Å². The summed E-state index contributed by atoms with van der Waals surface area (Å²) in [6, 6.07) is 6.70. The standard InChI is InChI=1S/C20H23N5O3S/c1-12-11-29-19(21-12)22-17(27)13(2)25-10-9-20(8-7-16(25)26)23-15-6-4-3-5-14(15)18(28)24-20/h3-6,11,13,23H,7-10H2,1-2H3,(H,24,28)(H,21,22,27)/t13-,20+/m0/s1. The monoisotopic (exact) mass is 413 g/mol. The zero-order chi connectivity index (χ0) is 20.6. The molecule has 1 aromatic carbocycles. The molecule has 3 N–H and O–H groups in total. The molecular weight excluding hydrogens is 390 g/mol. The van der Waals surface area contributed by atoms with E-state index in [1.807, 2.05) is 30.5 Å². The lowest BCUT2D eigenvalue weighted by Crippen LogP contribution is -2.58. The van der Waals surface area contributed by atoms with E-state index in [0.29, 0.717) is 30.1 Å². The van der Waals surface area contributed by atoms with Crippen molar-refractivity contribution in [2.45, 2.75) is 44.8 Å². The summed E-state index contributed by atoms with van der Waals surface area (Å²) in [4.78, 5) is 43.8. The van der Waals surface area contributed by atoms with Crippen LogP contribution in [-0.4, -0.2) is 45.9 Å². The Labute approximate surface area is 172 Å². The molecular formula is C20H23N5O3S. The molecule has 1 saturated heterocycles. The molecule has 8 nitrogen and oxygen atoms in total. The van der Waals surface area contributed by atoms with Gasteiger partial charge in [-0.2, -0.15) is 0 Å². The number of anilines is 2. The average Bonchev–Trinajstić information content (AvgIpc) is 3.04. The quantitative estimate of drug-likeness (QED) is 0.717. The first-order valence-corrected chi connectivity index (χ1v) is 10.5. The third-order valence-corrected chi connectivity index (χ3v) is 6.34. The Hall–Kier alpha value is -2.94. The maximum atomic E-state index is 12.8. The van der Waals surface area contributed by atoms with Gasteiger partial charge in [0.05, 0.1) is 11.3 Å². The molecule has 4 rings (SSSR count). The van der Waals surface area contributed by atoms with E-state index in [1.165, 1.54) is 11.3 Å². The van der Waals surface area contributed by atoms with Gasteiger partial charge in [-0.1, -0.05) is 12.1 Å². The average molecular weight is 414 g/mol. The number of nitrogens with zero attached hydrogens (tertiary/aromatic N) is 2. The molecule has 2 atom stereocenters. The maximum Gasteiger partial charge on any atom is 0.255 e. The van der Waals surface area contributed by atoms with Gasteiger partial charge in [-0.05, 0) is 32.4 Å². The van der Waals surface area contributed by atoms with Gasteiger partial charge in [-0.15, -0.1) is 11.3 Å². The minimum Gasteiger partial charge on any atom is -0.362 e. The normalized spacial score (nSPS) is 22.3. The molecule has 0 unspecified atom stereocenters. The molecule has 0 saturated carbocycles. The molecule has 29 heavy (non-hydrogen) atoms.